The number of ketones is 1. The minimum atomic E-state index is -0.337. The van der Waals surface area contributed by atoms with Gasteiger partial charge < -0.3 is 13.9 Å². The molecule has 0 spiro atoms. The van der Waals surface area contributed by atoms with Crippen LogP contribution in [0.3, 0.4) is 0 Å². The largest absolute Gasteiger partial charge is 0.512 e. The van der Waals surface area contributed by atoms with Gasteiger partial charge in [-0.25, -0.2) is 0 Å². The van der Waals surface area contributed by atoms with Crippen molar-refractivity contribution in [3.63, 3.8) is 0 Å². The third-order valence-corrected chi connectivity index (χ3v) is 11.2. The molecule has 0 amide bonds. The van der Waals surface area contributed by atoms with E-state index >= 15 is 0 Å². The summed E-state index contributed by atoms with van der Waals surface area (Å²) >= 11 is 0. The van der Waals surface area contributed by atoms with E-state index in [1.807, 2.05) is 77.9 Å². The van der Waals surface area contributed by atoms with E-state index in [2.05, 4.69) is 56.3 Å². The maximum absolute atomic E-state index is 12.2. The quantitative estimate of drug-likeness (QED) is 0.0939. The number of allylic oxidation sites excluding steroid dienone is 2. The number of hydrogen-bond donors (Lipinski definition) is 1. The number of rotatable bonds is 8. The number of aromatic nitrogens is 1. The van der Waals surface area contributed by atoms with Gasteiger partial charge in [-0.1, -0.05) is 109 Å². The Balaban J connectivity index is 0.000000226. The van der Waals surface area contributed by atoms with Crippen molar-refractivity contribution in [2.45, 2.75) is 86.5 Å². The van der Waals surface area contributed by atoms with E-state index in [0.717, 1.165) is 70.2 Å². The second-order valence-electron chi connectivity index (χ2n) is 14.1. The smallest absolute Gasteiger partial charge is 0.218 e. The van der Waals surface area contributed by atoms with Gasteiger partial charge in [0.15, 0.2) is 5.78 Å². The first-order chi connectivity index (χ1) is 22.9. The van der Waals surface area contributed by atoms with Gasteiger partial charge in [-0.05, 0) is 48.9 Å². The second-order valence-corrected chi connectivity index (χ2v) is 14.1. The van der Waals surface area contributed by atoms with E-state index in [1.165, 1.54) is 22.6 Å². The Bertz CT molecular complexity index is 2170. The number of aliphatic hydroxyl groups is 1. The Kier molecular flexibility index (Phi) is 10.2. The zero-order valence-corrected chi connectivity index (χ0v) is 32.2. The van der Waals surface area contributed by atoms with Crippen molar-refractivity contribution in [2.24, 2.45) is 10.8 Å². The van der Waals surface area contributed by atoms with Crippen LogP contribution in [0.5, 0.6) is 0 Å². The van der Waals surface area contributed by atoms with Gasteiger partial charge in [-0.3, -0.25) is 9.78 Å². The molecule has 0 bridgehead atoms. The summed E-state index contributed by atoms with van der Waals surface area (Å²) < 4.78 is 12.4. The maximum atomic E-state index is 12.2. The van der Waals surface area contributed by atoms with Crippen LogP contribution in [-0.4, -0.2) is 15.9 Å². The van der Waals surface area contributed by atoms with Crippen LogP contribution >= 0.6 is 0 Å². The normalized spacial score (nSPS) is 13.9. The van der Waals surface area contributed by atoms with E-state index < -0.39 is 0 Å². The first-order valence-electron chi connectivity index (χ1n) is 17.2. The molecule has 0 saturated carbocycles. The van der Waals surface area contributed by atoms with E-state index in [4.69, 9.17) is 13.8 Å². The van der Waals surface area contributed by atoms with Crippen LogP contribution < -0.4 is 0 Å². The third-order valence-electron chi connectivity index (χ3n) is 11.2. The topological polar surface area (TPSA) is 76.5 Å². The number of fused-ring (bicyclic) bond motifs is 8. The number of benzene rings is 3. The van der Waals surface area contributed by atoms with Crippen LogP contribution in [0.2, 0.25) is 0 Å². The number of carbonyl (C=O) groups excluding carboxylic acids is 1. The van der Waals surface area contributed by atoms with Gasteiger partial charge in [-0.2, -0.15) is 0 Å². The van der Waals surface area contributed by atoms with Gasteiger partial charge >= 0.3 is 0 Å². The van der Waals surface area contributed by atoms with Gasteiger partial charge in [0, 0.05) is 58.7 Å². The monoisotopic (exact) mass is 833 g/mol. The van der Waals surface area contributed by atoms with Crippen LogP contribution in [0.4, 0.5) is 0 Å². The molecule has 1 aliphatic carbocycles. The number of pyridine rings is 1. The zero-order chi connectivity index (χ0) is 34.4. The summed E-state index contributed by atoms with van der Waals surface area (Å²) in [5.74, 6) is 1.25. The average molecular weight is 833 g/mol. The molecule has 0 fully saturated rings. The number of para-hydroxylation sites is 2. The summed E-state index contributed by atoms with van der Waals surface area (Å²) in [5, 5.41) is 13.4. The van der Waals surface area contributed by atoms with Crippen LogP contribution in [0.1, 0.15) is 92.2 Å². The Hall–Kier alpha value is -3.99. The minimum Gasteiger partial charge on any atom is -0.512 e. The van der Waals surface area contributed by atoms with Crippen molar-refractivity contribution in [3.05, 3.63) is 102 Å². The molecule has 3 aromatic heterocycles. The summed E-state index contributed by atoms with van der Waals surface area (Å²) in [6.07, 6.45) is 4.75. The summed E-state index contributed by atoms with van der Waals surface area (Å²) in [7, 11) is 0. The van der Waals surface area contributed by atoms with Gasteiger partial charge in [0.05, 0.1) is 0 Å². The molecule has 5 nitrogen and oxygen atoms in total. The molecule has 0 saturated heterocycles. The number of aliphatic hydroxyl groups excluding tert-OH is 1. The van der Waals surface area contributed by atoms with Crippen molar-refractivity contribution >= 4 is 38.8 Å². The third kappa shape index (κ3) is 6.08. The Morgan fingerprint density at radius 3 is 2.02 bits per heavy atom. The number of furan rings is 2. The van der Waals surface area contributed by atoms with Crippen LogP contribution in [0.15, 0.2) is 93.5 Å². The summed E-state index contributed by atoms with van der Waals surface area (Å²) in [4.78, 5) is 17.1. The van der Waals surface area contributed by atoms with Gasteiger partial charge in [0.1, 0.15) is 22.7 Å². The molecule has 6 heteroatoms. The molecule has 3 aromatic carbocycles. The van der Waals surface area contributed by atoms with Gasteiger partial charge in [0.25, 0.3) is 0 Å². The number of carbonyl (C=O) groups is 1. The zero-order valence-electron chi connectivity index (χ0n) is 29.8. The van der Waals surface area contributed by atoms with E-state index in [-0.39, 0.29) is 47.9 Å². The standard InChI is InChI=1S/C28H18NO2.C15H28O2.Ir/c1-28(2)24-18(21-15-14-17-16-8-3-5-12-22(16)31-27(17)29-21)10-7-11-20(24)26-25(28)19-9-4-6-13-23(19)30-26;1-7-14(5,8-2)12(16)11-13(17)15(6,9-3)10-4;/h3-9,11-15H,1-2H3;11,16H,7-10H2,1-6H3;/q-1;;/b;12-11-;. The minimum absolute atomic E-state index is 0. The van der Waals surface area contributed by atoms with Crippen molar-refractivity contribution < 1.29 is 38.8 Å². The average Bonchev–Trinajstić information content (AvgIpc) is 3.75. The van der Waals surface area contributed by atoms with E-state index in [9.17, 15) is 9.90 Å². The van der Waals surface area contributed by atoms with Gasteiger partial charge in [0.2, 0.25) is 5.71 Å². The molecule has 3 heterocycles. The molecule has 0 atom stereocenters. The molecule has 0 unspecified atom stereocenters. The fourth-order valence-corrected chi connectivity index (χ4v) is 6.95. The Morgan fingerprint density at radius 2 is 1.39 bits per heavy atom. The van der Waals surface area contributed by atoms with Crippen LogP contribution in [0.25, 0.3) is 55.6 Å². The first-order valence-corrected chi connectivity index (χ1v) is 17.2. The van der Waals surface area contributed by atoms with Crippen molar-refractivity contribution in [2.75, 3.05) is 0 Å². The fraction of sp³-hybridized carbons (Fsp3) is 0.349. The molecule has 1 radical (unpaired) electrons. The van der Waals surface area contributed by atoms with Crippen LogP contribution in [0, 0.1) is 16.9 Å². The molecule has 6 aromatic rings. The molecule has 49 heavy (non-hydrogen) atoms. The number of nitrogens with zero attached hydrogens (tertiary/aromatic N) is 1. The maximum Gasteiger partial charge on any atom is 0.218 e. The van der Waals surface area contributed by atoms with Crippen molar-refractivity contribution in [3.8, 4) is 22.6 Å². The molecular formula is C43H46IrNO4-. The van der Waals surface area contributed by atoms with Crippen LogP contribution in [-0.2, 0) is 30.3 Å². The van der Waals surface area contributed by atoms with E-state index in [1.54, 1.807) is 0 Å². The fourth-order valence-electron chi connectivity index (χ4n) is 6.95. The summed E-state index contributed by atoms with van der Waals surface area (Å²) in [5.41, 5.74) is 7.05. The second kappa shape index (κ2) is 13.7. The number of hydrogen-bond acceptors (Lipinski definition) is 5. The van der Waals surface area contributed by atoms with Crippen molar-refractivity contribution in [1.29, 1.82) is 0 Å². The predicted molar refractivity (Wildman–Crippen MR) is 196 cm³/mol. The summed E-state index contributed by atoms with van der Waals surface area (Å²) in [6, 6.07) is 28.1. The molecule has 0 aliphatic heterocycles. The first kappa shape index (κ1) is 36.3. The SMILES string of the molecule is CC1(C)c2c(-c3ccc4c(n3)oc3ccccc34)[c-]ccc2-c2oc3ccccc3c21.CCC(C)(CC)C(=O)/C=C(\O)C(C)(CC)CC.[Ir]. The Morgan fingerprint density at radius 1 is 0.796 bits per heavy atom. The van der Waals surface area contributed by atoms with Crippen molar-refractivity contribution in [1.82, 2.24) is 4.98 Å². The van der Waals surface area contributed by atoms with Gasteiger partial charge in [-0.15, -0.1) is 29.3 Å². The molecule has 7 rings (SSSR count). The van der Waals surface area contributed by atoms with E-state index in [0.29, 0.717) is 5.71 Å². The summed E-state index contributed by atoms with van der Waals surface area (Å²) in [6.45, 7) is 16.6. The molecule has 1 N–H and O–H groups in total. The Labute approximate surface area is 303 Å². The molecular weight excluding hydrogens is 787 g/mol. The predicted octanol–water partition coefficient (Wildman–Crippen LogP) is 12.1. The molecule has 1 aliphatic rings. The molecule has 257 valence electrons.